The van der Waals surface area contributed by atoms with Crippen molar-refractivity contribution < 1.29 is 14.7 Å². The highest BCUT2D eigenvalue weighted by atomic mass is 16.2. The molecule has 1 heterocycles. The standard InChI is InChI=1S/C33H36N4O2.CH4O/c1-22(2)36-29-16-12-24(13-17-29)27-19-34-31(35-20-27)25-8-6-23(7-9-25)18-30(21-38)37-32(39)26-10-14-28(15-11-26)33(3,4)5;1-2/h6-17,19-22,30,36H,18H2,1-5H3,(H,37,39);2H,1H3. The summed E-state index contributed by atoms with van der Waals surface area (Å²) in [5, 5.41) is 13.2. The minimum atomic E-state index is -0.622. The Kier molecular flexibility index (Phi) is 10.9. The fourth-order valence-corrected chi connectivity index (χ4v) is 4.27. The van der Waals surface area contributed by atoms with Gasteiger partial charge in [-0.05, 0) is 66.6 Å². The van der Waals surface area contributed by atoms with Crippen molar-refractivity contribution in [3.8, 4) is 22.5 Å². The van der Waals surface area contributed by atoms with Crippen LogP contribution in [0.2, 0.25) is 0 Å². The molecule has 1 unspecified atom stereocenters. The summed E-state index contributed by atoms with van der Waals surface area (Å²) in [5.74, 6) is 0.367. The van der Waals surface area contributed by atoms with Crippen molar-refractivity contribution >= 4 is 17.9 Å². The quantitative estimate of drug-likeness (QED) is 0.218. The van der Waals surface area contributed by atoms with Gasteiger partial charge in [0.25, 0.3) is 5.91 Å². The number of aliphatic hydroxyl groups is 1. The Morgan fingerprint density at radius 3 is 1.90 bits per heavy atom. The topological polar surface area (TPSA) is 104 Å². The van der Waals surface area contributed by atoms with E-state index < -0.39 is 6.04 Å². The molecule has 0 bridgehead atoms. The lowest BCUT2D eigenvalue weighted by Crippen LogP contribution is -2.37. The Balaban J connectivity index is 0.00000226. The highest BCUT2D eigenvalue weighted by Crippen LogP contribution is 2.24. The number of anilines is 1. The van der Waals surface area contributed by atoms with Gasteiger partial charge in [-0.1, -0.05) is 69.3 Å². The second-order valence-electron chi connectivity index (χ2n) is 11.1. The zero-order valence-electron chi connectivity index (χ0n) is 24.7. The van der Waals surface area contributed by atoms with E-state index in [1.54, 1.807) is 12.1 Å². The van der Waals surface area contributed by atoms with Gasteiger partial charge in [0.1, 0.15) is 6.29 Å². The average Bonchev–Trinajstić information content (AvgIpc) is 2.98. The fourth-order valence-electron chi connectivity index (χ4n) is 4.27. The SMILES string of the molecule is CC(C)Nc1ccc(-c2cnc(-c3ccc(CC(C=O)NC(=O)c4ccc(C(C)(C)C)cc4)cc3)nc2)cc1.CO. The first-order valence-corrected chi connectivity index (χ1v) is 13.7. The van der Waals surface area contributed by atoms with Gasteiger partial charge in [0.05, 0.1) is 6.04 Å². The van der Waals surface area contributed by atoms with Crippen LogP contribution < -0.4 is 10.6 Å². The predicted octanol–water partition coefficient (Wildman–Crippen LogP) is 6.08. The van der Waals surface area contributed by atoms with Crippen LogP contribution in [0.25, 0.3) is 22.5 Å². The number of benzene rings is 3. The maximum absolute atomic E-state index is 12.7. The largest absolute Gasteiger partial charge is 0.400 e. The Bertz CT molecular complexity index is 1390. The number of hydrogen-bond donors (Lipinski definition) is 3. The molecule has 3 aromatic carbocycles. The number of amides is 1. The molecule has 0 spiro atoms. The van der Waals surface area contributed by atoms with E-state index in [0.717, 1.165) is 46.9 Å². The van der Waals surface area contributed by atoms with Crippen molar-refractivity contribution in [2.24, 2.45) is 0 Å². The van der Waals surface area contributed by atoms with Crippen LogP contribution in [-0.4, -0.2) is 46.5 Å². The summed E-state index contributed by atoms with van der Waals surface area (Å²) in [6.45, 7) is 10.6. The molecule has 4 aromatic rings. The van der Waals surface area contributed by atoms with E-state index in [-0.39, 0.29) is 11.3 Å². The molecule has 0 fully saturated rings. The number of carbonyl (C=O) groups excluding carboxylic acids is 2. The van der Waals surface area contributed by atoms with Crippen molar-refractivity contribution in [2.75, 3.05) is 12.4 Å². The molecule has 0 aliphatic carbocycles. The van der Waals surface area contributed by atoms with Crippen LogP contribution in [0.4, 0.5) is 5.69 Å². The van der Waals surface area contributed by atoms with Crippen molar-refractivity contribution in [3.63, 3.8) is 0 Å². The van der Waals surface area contributed by atoms with Gasteiger partial charge in [-0.3, -0.25) is 4.79 Å². The number of aldehydes is 1. The van der Waals surface area contributed by atoms with Crippen molar-refractivity contribution in [2.45, 2.75) is 58.5 Å². The van der Waals surface area contributed by atoms with E-state index in [9.17, 15) is 9.59 Å². The first-order valence-electron chi connectivity index (χ1n) is 13.7. The number of carbonyl (C=O) groups is 2. The Morgan fingerprint density at radius 2 is 1.39 bits per heavy atom. The first-order chi connectivity index (χ1) is 19.6. The van der Waals surface area contributed by atoms with E-state index in [0.29, 0.717) is 23.9 Å². The summed E-state index contributed by atoms with van der Waals surface area (Å²) in [6.07, 6.45) is 4.83. The number of nitrogens with one attached hydrogen (secondary N) is 2. The molecule has 0 saturated heterocycles. The highest BCUT2D eigenvalue weighted by molar-refractivity contribution is 5.95. The molecule has 4 rings (SSSR count). The second-order valence-corrected chi connectivity index (χ2v) is 11.1. The van der Waals surface area contributed by atoms with Crippen molar-refractivity contribution in [1.82, 2.24) is 15.3 Å². The van der Waals surface area contributed by atoms with Gasteiger partial charge in [0.15, 0.2) is 5.82 Å². The van der Waals surface area contributed by atoms with Crippen LogP contribution in [-0.2, 0) is 16.6 Å². The monoisotopic (exact) mass is 552 g/mol. The molecule has 41 heavy (non-hydrogen) atoms. The minimum absolute atomic E-state index is 0.0108. The van der Waals surface area contributed by atoms with Crippen molar-refractivity contribution in [3.05, 3.63) is 102 Å². The first kappa shape index (κ1) is 31.2. The van der Waals surface area contributed by atoms with E-state index in [2.05, 4.69) is 79.5 Å². The summed E-state index contributed by atoms with van der Waals surface area (Å²) in [4.78, 5) is 33.5. The molecule has 7 nitrogen and oxygen atoms in total. The van der Waals surface area contributed by atoms with Crippen LogP contribution in [0.5, 0.6) is 0 Å². The van der Waals surface area contributed by atoms with Gasteiger partial charge in [0, 0.05) is 47.9 Å². The zero-order chi connectivity index (χ0) is 30.0. The predicted molar refractivity (Wildman–Crippen MR) is 166 cm³/mol. The molecule has 0 saturated carbocycles. The Labute approximate surface area is 243 Å². The molecule has 1 amide bonds. The van der Waals surface area contributed by atoms with E-state index in [1.165, 1.54) is 0 Å². The number of aliphatic hydroxyl groups excluding tert-OH is 1. The molecule has 1 atom stereocenters. The third kappa shape index (κ3) is 8.82. The summed E-state index contributed by atoms with van der Waals surface area (Å²) < 4.78 is 0. The summed E-state index contributed by atoms with van der Waals surface area (Å²) in [6, 6.07) is 23.2. The Hall–Kier alpha value is -4.36. The highest BCUT2D eigenvalue weighted by Gasteiger charge is 2.17. The molecule has 214 valence electrons. The normalized spacial score (nSPS) is 11.7. The number of rotatable bonds is 9. The summed E-state index contributed by atoms with van der Waals surface area (Å²) in [5.41, 5.74) is 6.60. The van der Waals surface area contributed by atoms with Gasteiger partial charge in [0.2, 0.25) is 0 Å². The molecular formula is C34H40N4O3. The molecule has 3 N–H and O–H groups in total. The molecule has 1 aromatic heterocycles. The van der Waals surface area contributed by atoms with Crippen LogP contribution >= 0.6 is 0 Å². The van der Waals surface area contributed by atoms with E-state index >= 15 is 0 Å². The molecule has 0 aliphatic heterocycles. The van der Waals surface area contributed by atoms with Crippen LogP contribution in [0.15, 0.2) is 85.2 Å². The van der Waals surface area contributed by atoms with E-state index in [4.69, 9.17) is 5.11 Å². The molecular weight excluding hydrogens is 512 g/mol. The summed E-state index contributed by atoms with van der Waals surface area (Å²) in [7, 11) is 1.00. The third-order valence-electron chi connectivity index (χ3n) is 6.49. The van der Waals surface area contributed by atoms with Crippen LogP contribution in [0.1, 0.15) is 56.1 Å². The molecule has 0 radical (unpaired) electrons. The van der Waals surface area contributed by atoms with Crippen LogP contribution in [0.3, 0.4) is 0 Å². The Morgan fingerprint density at radius 1 is 0.829 bits per heavy atom. The van der Waals surface area contributed by atoms with Gasteiger partial charge in [-0.2, -0.15) is 0 Å². The number of aromatic nitrogens is 2. The fraction of sp³-hybridized carbons (Fsp3) is 0.294. The van der Waals surface area contributed by atoms with Gasteiger partial charge in [-0.15, -0.1) is 0 Å². The summed E-state index contributed by atoms with van der Waals surface area (Å²) >= 11 is 0. The second kappa shape index (κ2) is 14.3. The van der Waals surface area contributed by atoms with E-state index in [1.807, 2.05) is 48.8 Å². The maximum atomic E-state index is 12.7. The van der Waals surface area contributed by atoms with Gasteiger partial charge >= 0.3 is 0 Å². The lowest BCUT2D eigenvalue weighted by Gasteiger charge is -2.19. The lowest BCUT2D eigenvalue weighted by molar-refractivity contribution is -0.109. The number of hydrogen-bond acceptors (Lipinski definition) is 6. The smallest absolute Gasteiger partial charge is 0.251 e. The van der Waals surface area contributed by atoms with Gasteiger partial charge in [-0.25, -0.2) is 9.97 Å². The number of nitrogens with zero attached hydrogens (tertiary/aromatic N) is 2. The van der Waals surface area contributed by atoms with Crippen molar-refractivity contribution in [1.29, 1.82) is 0 Å². The third-order valence-corrected chi connectivity index (χ3v) is 6.49. The lowest BCUT2D eigenvalue weighted by atomic mass is 9.86. The molecule has 7 heteroatoms. The average molecular weight is 553 g/mol. The molecule has 0 aliphatic rings. The van der Waals surface area contributed by atoms with Gasteiger partial charge < -0.3 is 20.5 Å². The maximum Gasteiger partial charge on any atom is 0.251 e. The minimum Gasteiger partial charge on any atom is -0.400 e. The zero-order valence-corrected chi connectivity index (χ0v) is 24.7. The van der Waals surface area contributed by atoms with Crippen LogP contribution in [0, 0.1) is 0 Å².